The van der Waals surface area contributed by atoms with Crippen LogP contribution in [0.15, 0.2) is 35.1 Å². The van der Waals surface area contributed by atoms with Crippen LogP contribution in [0, 0.1) is 0 Å². The Bertz CT molecular complexity index is 826. The first-order valence-corrected chi connectivity index (χ1v) is 7.67. The van der Waals surface area contributed by atoms with Crippen LogP contribution >= 0.6 is 15.9 Å². The van der Waals surface area contributed by atoms with E-state index >= 15 is 0 Å². The van der Waals surface area contributed by atoms with Crippen molar-refractivity contribution < 1.29 is 5.11 Å². The van der Waals surface area contributed by atoms with Gasteiger partial charge in [-0.2, -0.15) is 5.10 Å². The molecule has 0 amide bonds. The van der Waals surface area contributed by atoms with E-state index in [0.29, 0.717) is 5.92 Å². The molecule has 0 bridgehead atoms. The molecular formula is C15H13BrN4O. The van der Waals surface area contributed by atoms with Crippen LogP contribution in [0.1, 0.15) is 30.0 Å². The molecule has 0 radical (unpaired) electrons. The van der Waals surface area contributed by atoms with Crippen LogP contribution in [0.5, 0.6) is 0 Å². The summed E-state index contributed by atoms with van der Waals surface area (Å²) in [7, 11) is 0. The van der Waals surface area contributed by atoms with Gasteiger partial charge in [-0.15, -0.1) is 0 Å². The van der Waals surface area contributed by atoms with Crippen molar-refractivity contribution in [1.29, 1.82) is 0 Å². The van der Waals surface area contributed by atoms with Crippen molar-refractivity contribution in [3.63, 3.8) is 0 Å². The third kappa shape index (κ3) is 2.24. The van der Waals surface area contributed by atoms with Crippen LogP contribution in [-0.2, 0) is 6.61 Å². The molecule has 106 valence electrons. The molecule has 0 unspecified atom stereocenters. The molecule has 0 spiro atoms. The maximum Gasteiger partial charge on any atom is 0.154 e. The van der Waals surface area contributed by atoms with Crippen LogP contribution in [0.3, 0.4) is 0 Å². The van der Waals surface area contributed by atoms with Gasteiger partial charge in [0.05, 0.1) is 24.2 Å². The molecule has 0 aliphatic heterocycles. The summed E-state index contributed by atoms with van der Waals surface area (Å²) in [4.78, 5) is 8.85. The van der Waals surface area contributed by atoms with Crippen LogP contribution in [0.25, 0.3) is 17.0 Å². The lowest BCUT2D eigenvalue weighted by Gasteiger charge is -2.07. The summed E-state index contributed by atoms with van der Waals surface area (Å²) in [5, 5.41) is 14.2. The Morgan fingerprint density at radius 1 is 1.33 bits per heavy atom. The fourth-order valence-electron chi connectivity index (χ4n) is 2.52. The predicted octanol–water partition coefficient (Wildman–Crippen LogP) is 2.92. The zero-order valence-corrected chi connectivity index (χ0v) is 12.8. The highest BCUT2D eigenvalue weighted by atomic mass is 79.9. The molecule has 6 heteroatoms. The molecule has 1 fully saturated rings. The van der Waals surface area contributed by atoms with E-state index in [4.69, 9.17) is 5.10 Å². The average Bonchev–Trinajstić information content (AvgIpc) is 3.26. The van der Waals surface area contributed by atoms with Crippen molar-refractivity contribution in [1.82, 2.24) is 19.6 Å². The molecule has 0 aromatic carbocycles. The fourth-order valence-corrected chi connectivity index (χ4v) is 2.86. The molecule has 3 aromatic rings. The number of hydrogen-bond acceptors (Lipinski definition) is 4. The summed E-state index contributed by atoms with van der Waals surface area (Å²) in [5.41, 5.74) is 4.28. The number of fused-ring (bicyclic) bond motifs is 1. The summed E-state index contributed by atoms with van der Waals surface area (Å²) in [6.45, 7) is 0.00661. The number of imidazole rings is 1. The van der Waals surface area contributed by atoms with E-state index in [1.54, 1.807) is 6.20 Å². The van der Waals surface area contributed by atoms with Crippen molar-refractivity contribution in [3.8, 4) is 11.4 Å². The number of aliphatic hydroxyl groups is 1. The van der Waals surface area contributed by atoms with Crippen LogP contribution in [0.2, 0.25) is 0 Å². The Labute approximate surface area is 129 Å². The largest absolute Gasteiger partial charge is 0.392 e. The van der Waals surface area contributed by atoms with Crippen LogP contribution in [0.4, 0.5) is 0 Å². The second-order valence-electron chi connectivity index (χ2n) is 5.25. The number of halogens is 1. The lowest BCUT2D eigenvalue weighted by Crippen LogP contribution is -2.04. The number of pyridine rings is 1. The summed E-state index contributed by atoms with van der Waals surface area (Å²) >= 11 is 3.39. The van der Waals surface area contributed by atoms with Gasteiger partial charge >= 0.3 is 0 Å². The molecule has 1 saturated carbocycles. The van der Waals surface area contributed by atoms with Crippen LogP contribution < -0.4 is 0 Å². The summed E-state index contributed by atoms with van der Waals surface area (Å²) < 4.78 is 2.60. The first-order valence-electron chi connectivity index (χ1n) is 6.87. The Morgan fingerprint density at radius 3 is 2.90 bits per heavy atom. The second-order valence-corrected chi connectivity index (χ2v) is 6.06. The molecule has 21 heavy (non-hydrogen) atoms. The third-order valence-electron chi connectivity index (χ3n) is 3.72. The first-order chi connectivity index (χ1) is 10.3. The Balaban J connectivity index is 1.93. The lowest BCUT2D eigenvalue weighted by molar-refractivity contribution is 0.279. The maximum atomic E-state index is 9.52. The highest BCUT2D eigenvalue weighted by Crippen LogP contribution is 2.40. The summed E-state index contributed by atoms with van der Waals surface area (Å²) in [6.07, 6.45) is 4.06. The Kier molecular flexibility index (Phi) is 3.01. The number of aromatic nitrogens is 4. The Morgan fingerprint density at radius 2 is 2.19 bits per heavy atom. The van der Waals surface area contributed by atoms with Gasteiger partial charge in [0.1, 0.15) is 10.3 Å². The average molecular weight is 345 g/mol. The minimum atomic E-state index is 0.00661. The normalized spacial score (nSPS) is 14.8. The number of nitrogens with zero attached hydrogens (tertiary/aromatic N) is 4. The van der Waals surface area contributed by atoms with Crippen molar-refractivity contribution >= 4 is 21.6 Å². The van der Waals surface area contributed by atoms with E-state index in [0.717, 1.165) is 45.7 Å². The summed E-state index contributed by atoms with van der Waals surface area (Å²) in [6, 6.07) is 7.68. The molecule has 4 rings (SSSR count). The second kappa shape index (κ2) is 4.89. The van der Waals surface area contributed by atoms with Gasteiger partial charge in [0.25, 0.3) is 0 Å². The van der Waals surface area contributed by atoms with Gasteiger partial charge in [0, 0.05) is 11.5 Å². The molecule has 1 N–H and O–H groups in total. The van der Waals surface area contributed by atoms with Gasteiger partial charge in [-0.3, -0.25) is 0 Å². The highest BCUT2D eigenvalue weighted by Gasteiger charge is 2.28. The fraction of sp³-hybridized carbons (Fsp3) is 0.267. The Hall–Kier alpha value is -1.79. The van der Waals surface area contributed by atoms with E-state index < -0.39 is 0 Å². The molecule has 1 aliphatic rings. The zero-order chi connectivity index (χ0) is 14.4. The molecular weight excluding hydrogens is 332 g/mol. The lowest BCUT2D eigenvalue weighted by atomic mass is 10.1. The van der Waals surface area contributed by atoms with Gasteiger partial charge < -0.3 is 5.11 Å². The maximum absolute atomic E-state index is 9.52. The predicted molar refractivity (Wildman–Crippen MR) is 81.8 cm³/mol. The monoisotopic (exact) mass is 344 g/mol. The van der Waals surface area contributed by atoms with Gasteiger partial charge in [-0.25, -0.2) is 14.5 Å². The van der Waals surface area contributed by atoms with E-state index in [2.05, 4.69) is 25.9 Å². The van der Waals surface area contributed by atoms with Crippen LogP contribution in [-0.4, -0.2) is 24.7 Å². The standard InChI is InChI=1S/C15H13BrN4O/c16-13-3-1-2-11(18-13)12-7-17-14-6-10(8-21)15(9-4-5-9)19-20(12)14/h1-3,6-7,9,21H,4-5,8H2. The summed E-state index contributed by atoms with van der Waals surface area (Å²) in [5.74, 6) is 0.474. The third-order valence-corrected chi connectivity index (χ3v) is 4.16. The van der Waals surface area contributed by atoms with E-state index in [9.17, 15) is 5.11 Å². The van der Waals surface area contributed by atoms with Gasteiger partial charge in [-0.05, 0) is 47.0 Å². The molecule has 0 atom stereocenters. The van der Waals surface area contributed by atoms with E-state index in [1.165, 1.54) is 0 Å². The molecule has 3 aromatic heterocycles. The molecule has 1 aliphatic carbocycles. The van der Waals surface area contributed by atoms with E-state index in [1.807, 2.05) is 28.8 Å². The first kappa shape index (κ1) is 12.9. The zero-order valence-electron chi connectivity index (χ0n) is 11.2. The van der Waals surface area contributed by atoms with E-state index in [-0.39, 0.29) is 6.61 Å². The minimum absolute atomic E-state index is 0.00661. The number of rotatable bonds is 3. The smallest absolute Gasteiger partial charge is 0.154 e. The van der Waals surface area contributed by atoms with Crippen molar-refractivity contribution in [2.24, 2.45) is 0 Å². The molecule has 5 nitrogen and oxygen atoms in total. The van der Waals surface area contributed by atoms with Gasteiger partial charge in [0.15, 0.2) is 5.65 Å². The molecule has 3 heterocycles. The van der Waals surface area contributed by atoms with Crippen molar-refractivity contribution in [2.75, 3.05) is 0 Å². The van der Waals surface area contributed by atoms with Crippen molar-refractivity contribution in [2.45, 2.75) is 25.4 Å². The number of hydrogen-bond donors (Lipinski definition) is 1. The molecule has 0 saturated heterocycles. The van der Waals surface area contributed by atoms with Gasteiger partial charge in [0.2, 0.25) is 0 Å². The highest BCUT2D eigenvalue weighted by molar-refractivity contribution is 9.10. The van der Waals surface area contributed by atoms with Crippen molar-refractivity contribution in [3.05, 3.63) is 46.3 Å². The minimum Gasteiger partial charge on any atom is -0.392 e. The topological polar surface area (TPSA) is 63.3 Å². The van der Waals surface area contributed by atoms with Gasteiger partial charge in [-0.1, -0.05) is 6.07 Å². The SMILES string of the molecule is OCc1cc2ncc(-c3cccc(Br)n3)n2nc1C1CC1. The quantitative estimate of drug-likeness (QED) is 0.742. The number of aliphatic hydroxyl groups excluding tert-OH is 1.